The number of methoxy groups -OCH3 is 1. The Kier molecular flexibility index (Phi) is 8.57. The summed E-state index contributed by atoms with van der Waals surface area (Å²) in [4.78, 5) is 29.8. The largest absolute Gasteiger partial charge is 0.492 e. The Morgan fingerprint density at radius 3 is 2.22 bits per heavy atom. The Morgan fingerprint density at radius 2 is 1.58 bits per heavy atom. The number of carbonyl (C=O) groups is 2. The molecule has 36 heavy (non-hydrogen) atoms. The molecule has 0 radical (unpaired) electrons. The minimum atomic E-state index is -0.0519. The van der Waals surface area contributed by atoms with Gasteiger partial charge in [0, 0.05) is 43.9 Å². The van der Waals surface area contributed by atoms with Crippen molar-refractivity contribution in [3.05, 3.63) is 83.9 Å². The summed E-state index contributed by atoms with van der Waals surface area (Å²) < 4.78 is 11.5. The lowest BCUT2D eigenvalue weighted by atomic mass is 10.00. The van der Waals surface area contributed by atoms with Crippen molar-refractivity contribution in [2.45, 2.75) is 13.5 Å². The Bertz CT molecular complexity index is 1160. The SMILES string of the molecule is CCOc1cc(C(=O)N2CCN(CC(=O)NCc3ccccc3)CC2)cc(-c2ccccc2)c1OC. The molecule has 4 rings (SSSR count). The quantitative estimate of drug-likeness (QED) is 0.497. The van der Waals surface area contributed by atoms with Gasteiger partial charge in [-0.3, -0.25) is 14.5 Å². The van der Waals surface area contributed by atoms with Crippen LogP contribution in [0.3, 0.4) is 0 Å². The average Bonchev–Trinajstić information content (AvgIpc) is 2.93. The van der Waals surface area contributed by atoms with Gasteiger partial charge in [0.2, 0.25) is 5.91 Å². The van der Waals surface area contributed by atoms with Crippen LogP contribution in [0.15, 0.2) is 72.8 Å². The fraction of sp³-hybridized carbons (Fsp3) is 0.310. The molecule has 188 valence electrons. The maximum atomic E-state index is 13.5. The van der Waals surface area contributed by atoms with Crippen molar-refractivity contribution < 1.29 is 19.1 Å². The fourth-order valence-corrected chi connectivity index (χ4v) is 4.38. The second-order valence-corrected chi connectivity index (χ2v) is 8.68. The monoisotopic (exact) mass is 487 g/mol. The van der Waals surface area contributed by atoms with Crippen LogP contribution in [-0.4, -0.2) is 68.1 Å². The van der Waals surface area contributed by atoms with Crippen molar-refractivity contribution in [3.63, 3.8) is 0 Å². The zero-order valence-electron chi connectivity index (χ0n) is 20.9. The number of nitrogens with zero attached hydrogens (tertiary/aromatic N) is 2. The number of hydrogen-bond donors (Lipinski definition) is 1. The van der Waals surface area contributed by atoms with Crippen LogP contribution in [0, 0.1) is 0 Å². The minimum absolute atomic E-state index is 0.0114. The first-order chi connectivity index (χ1) is 17.6. The lowest BCUT2D eigenvalue weighted by molar-refractivity contribution is -0.122. The molecule has 0 aliphatic carbocycles. The van der Waals surface area contributed by atoms with Crippen LogP contribution in [0.1, 0.15) is 22.8 Å². The maximum absolute atomic E-state index is 13.5. The van der Waals surface area contributed by atoms with E-state index in [1.807, 2.05) is 78.6 Å². The zero-order chi connectivity index (χ0) is 25.3. The van der Waals surface area contributed by atoms with Gasteiger partial charge in [0.25, 0.3) is 5.91 Å². The molecule has 0 bridgehead atoms. The lowest BCUT2D eigenvalue weighted by Crippen LogP contribution is -2.51. The van der Waals surface area contributed by atoms with Gasteiger partial charge in [0.15, 0.2) is 11.5 Å². The Labute approximate surface area is 212 Å². The van der Waals surface area contributed by atoms with Crippen LogP contribution >= 0.6 is 0 Å². The molecule has 1 fully saturated rings. The van der Waals surface area contributed by atoms with Crippen LogP contribution < -0.4 is 14.8 Å². The van der Waals surface area contributed by atoms with E-state index < -0.39 is 0 Å². The molecule has 1 saturated heterocycles. The molecule has 1 aliphatic rings. The maximum Gasteiger partial charge on any atom is 0.254 e. The van der Waals surface area contributed by atoms with Gasteiger partial charge in [-0.15, -0.1) is 0 Å². The molecule has 1 aliphatic heterocycles. The van der Waals surface area contributed by atoms with Crippen molar-refractivity contribution in [1.82, 2.24) is 15.1 Å². The van der Waals surface area contributed by atoms with Crippen LogP contribution in [0.25, 0.3) is 11.1 Å². The summed E-state index contributed by atoms with van der Waals surface area (Å²) in [6, 6.07) is 23.3. The van der Waals surface area contributed by atoms with Gasteiger partial charge in [0.1, 0.15) is 0 Å². The topological polar surface area (TPSA) is 71.1 Å². The van der Waals surface area contributed by atoms with E-state index in [4.69, 9.17) is 9.47 Å². The molecule has 0 atom stereocenters. The van der Waals surface area contributed by atoms with Crippen molar-refractivity contribution in [2.24, 2.45) is 0 Å². The van der Waals surface area contributed by atoms with Crippen molar-refractivity contribution >= 4 is 11.8 Å². The van der Waals surface area contributed by atoms with Crippen LogP contribution in [0.2, 0.25) is 0 Å². The second kappa shape index (κ2) is 12.2. The van der Waals surface area contributed by atoms with E-state index in [1.54, 1.807) is 13.2 Å². The molecule has 0 spiro atoms. The zero-order valence-corrected chi connectivity index (χ0v) is 20.9. The van der Waals surface area contributed by atoms with Crippen molar-refractivity contribution in [3.8, 4) is 22.6 Å². The highest BCUT2D eigenvalue weighted by Gasteiger charge is 2.25. The minimum Gasteiger partial charge on any atom is -0.492 e. The van der Waals surface area contributed by atoms with Gasteiger partial charge >= 0.3 is 0 Å². The molecule has 0 saturated carbocycles. The Hall–Kier alpha value is -3.84. The van der Waals surface area contributed by atoms with Crippen LogP contribution in [0.4, 0.5) is 0 Å². The highest BCUT2D eigenvalue weighted by molar-refractivity contribution is 5.97. The first kappa shape index (κ1) is 25.3. The summed E-state index contributed by atoms with van der Waals surface area (Å²) in [5.74, 6) is 1.11. The van der Waals surface area contributed by atoms with E-state index in [1.165, 1.54) is 0 Å². The molecule has 1 N–H and O–H groups in total. The molecule has 3 aromatic carbocycles. The van der Waals surface area contributed by atoms with Gasteiger partial charge in [0.05, 0.1) is 20.3 Å². The van der Waals surface area contributed by atoms with E-state index in [0.29, 0.717) is 62.9 Å². The summed E-state index contributed by atoms with van der Waals surface area (Å²) in [6.45, 7) is 5.61. The molecule has 7 heteroatoms. The van der Waals surface area contributed by atoms with Crippen LogP contribution in [0.5, 0.6) is 11.5 Å². The van der Waals surface area contributed by atoms with E-state index in [2.05, 4.69) is 10.2 Å². The number of nitrogens with one attached hydrogen (secondary N) is 1. The number of benzene rings is 3. The molecular weight excluding hydrogens is 454 g/mol. The summed E-state index contributed by atoms with van der Waals surface area (Å²) in [7, 11) is 1.61. The Balaban J connectivity index is 1.40. The highest BCUT2D eigenvalue weighted by Crippen LogP contribution is 2.39. The predicted molar refractivity (Wildman–Crippen MR) is 140 cm³/mol. The number of ether oxygens (including phenoxy) is 2. The van der Waals surface area contributed by atoms with Gasteiger partial charge in [-0.25, -0.2) is 0 Å². The molecule has 7 nitrogen and oxygen atoms in total. The van der Waals surface area contributed by atoms with E-state index >= 15 is 0 Å². The molecule has 0 aromatic heterocycles. The third-order valence-corrected chi connectivity index (χ3v) is 6.25. The summed E-state index contributed by atoms with van der Waals surface area (Å²) >= 11 is 0. The molecule has 3 aromatic rings. The molecule has 1 heterocycles. The van der Waals surface area contributed by atoms with E-state index in [-0.39, 0.29) is 11.8 Å². The number of piperazine rings is 1. The number of hydrogen-bond acceptors (Lipinski definition) is 5. The molecular formula is C29H33N3O4. The van der Waals surface area contributed by atoms with Crippen LogP contribution in [-0.2, 0) is 11.3 Å². The smallest absolute Gasteiger partial charge is 0.254 e. The third-order valence-electron chi connectivity index (χ3n) is 6.25. The van der Waals surface area contributed by atoms with Crippen molar-refractivity contribution in [1.29, 1.82) is 0 Å². The van der Waals surface area contributed by atoms with Gasteiger partial charge in [-0.1, -0.05) is 60.7 Å². The molecule has 0 unspecified atom stereocenters. The van der Waals surface area contributed by atoms with E-state index in [9.17, 15) is 9.59 Å². The standard InChI is InChI=1S/C29H33N3O4/c1-3-36-26-19-24(18-25(28(26)35-2)23-12-8-5-9-13-23)29(34)32-16-14-31(15-17-32)21-27(33)30-20-22-10-6-4-7-11-22/h4-13,18-19H,3,14-17,20-21H2,1-2H3,(H,30,33). The average molecular weight is 488 g/mol. The second-order valence-electron chi connectivity index (χ2n) is 8.68. The van der Waals surface area contributed by atoms with Gasteiger partial charge in [-0.2, -0.15) is 0 Å². The summed E-state index contributed by atoms with van der Waals surface area (Å²) in [5, 5.41) is 2.97. The number of rotatable bonds is 9. The number of amides is 2. The Morgan fingerprint density at radius 1 is 0.917 bits per heavy atom. The lowest BCUT2D eigenvalue weighted by Gasteiger charge is -2.34. The predicted octanol–water partition coefficient (Wildman–Crippen LogP) is 3.84. The van der Waals surface area contributed by atoms with E-state index in [0.717, 1.165) is 16.7 Å². The molecule has 2 amide bonds. The third kappa shape index (κ3) is 6.23. The highest BCUT2D eigenvalue weighted by atomic mass is 16.5. The number of carbonyl (C=O) groups excluding carboxylic acids is 2. The first-order valence-electron chi connectivity index (χ1n) is 12.3. The summed E-state index contributed by atoms with van der Waals surface area (Å²) in [6.07, 6.45) is 0. The fourth-order valence-electron chi connectivity index (χ4n) is 4.38. The van der Waals surface area contributed by atoms with Crippen molar-refractivity contribution in [2.75, 3.05) is 46.4 Å². The van der Waals surface area contributed by atoms with Gasteiger partial charge < -0.3 is 19.7 Å². The summed E-state index contributed by atoms with van der Waals surface area (Å²) in [5.41, 5.74) is 3.41. The normalized spacial score (nSPS) is 13.8. The van der Waals surface area contributed by atoms with Gasteiger partial charge in [-0.05, 0) is 30.2 Å². The first-order valence-corrected chi connectivity index (χ1v) is 12.3.